The number of rotatable bonds is 6. The molecule has 1 unspecified atom stereocenters. The summed E-state index contributed by atoms with van der Waals surface area (Å²) in [5, 5.41) is 21.0. The Labute approximate surface area is 162 Å². The van der Waals surface area contributed by atoms with E-state index in [1.807, 2.05) is 38.2 Å². The molecular weight excluding hydrogens is 358 g/mol. The number of fused-ring (bicyclic) bond motifs is 1. The first-order valence-electron chi connectivity index (χ1n) is 8.78. The van der Waals surface area contributed by atoms with Crippen LogP contribution in [0.3, 0.4) is 0 Å². The highest BCUT2D eigenvalue weighted by Crippen LogP contribution is 2.19. The Bertz CT molecular complexity index is 1060. The molecule has 146 valence electrons. The van der Waals surface area contributed by atoms with Crippen molar-refractivity contribution in [3.8, 4) is 5.69 Å². The van der Waals surface area contributed by atoms with Crippen LogP contribution in [0.5, 0.6) is 0 Å². The number of nitrogens with zero attached hydrogens (tertiary/aromatic N) is 4. The molecule has 1 aromatic heterocycles. The van der Waals surface area contributed by atoms with Crippen LogP contribution in [-0.2, 0) is 0 Å². The molecule has 8 nitrogen and oxygen atoms in total. The first-order chi connectivity index (χ1) is 13.4. The summed E-state index contributed by atoms with van der Waals surface area (Å²) in [5.74, 6) is 0.440. The summed E-state index contributed by atoms with van der Waals surface area (Å²) in [6.07, 6.45) is 3.68. The van der Waals surface area contributed by atoms with Crippen molar-refractivity contribution in [2.24, 2.45) is 0 Å². The predicted molar refractivity (Wildman–Crippen MR) is 109 cm³/mol. The van der Waals surface area contributed by atoms with Crippen molar-refractivity contribution in [1.82, 2.24) is 20.0 Å². The fraction of sp³-hybridized carbons (Fsp3) is 0.200. The summed E-state index contributed by atoms with van der Waals surface area (Å²) < 4.78 is 1.45. The third-order valence-electron chi connectivity index (χ3n) is 4.12. The fourth-order valence-electron chi connectivity index (χ4n) is 2.95. The third-order valence-corrected chi connectivity index (χ3v) is 4.12. The van der Waals surface area contributed by atoms with Crippen molar-refractivity contribution in [1.29, 1.82) is 0 Å². The van der Waals surface area contributed by atoms with E-state index in [4.69, 9.17) is 0 Å². The van der Waals surface area contributed by atoms with Gasteiger partial charge in [0.25, 0.3) is 5.56 Å². The molecule has 3 rings (SSSR count). The van der Waals surface area contributed by atoms with E-state index in [0.717, 1.165) is 0 Å². The second-order valence-corrected chi connectivity index (χ2v) is 6.61. The molecule has 0 spiro atoms. The van der Waals surface area contributed by atoms with Gasteiger partial charge in [-0.25, -0.2) is 10.4 Å². The van der Waals surface area contributed by atoms with Crippen LogP contribution >= 0.6 is 0 Å². The Hall–Kier alpha value is -3.04. The average Bonchev–Trinajstić information content (AvgIpc) is 2.66. The Morgan fingerprint density at radius 3 is 2.61 bits per heavy atom. The molecule has 0 aliphatic rings. The van der Waals surface area contributed by atoms with Gasteiger partial charge in [0.1, 0.15) is 5.82 Å². The van der Waals surface area contributed by atoms with E-state index in [9.17, 15) is 15.2 Å². The minimum Gasteiger partial charge on any atom is -0.268 e. The first kappa shape index (κ1) is 19.7. The van der Waals surface area contributed by atoms with Crippen molar-refractivity contribution >= 4 is 22.7 Å². The highest BCUT2D eigenvalue weighted by atomic mass is 16.8. The Morgan fingerprint density at radius 2 is 1.89 bits per heavy atom. The molecule has 1 atom stereocenters. The highest BCUT2D eigenvalue weighted by molar-refractivity contribution is 5.79. The van der Waals surface area contributed by atoms with Crippen LogP contribution in [-0.4, -0.2) is 45.1 Å². The van der Waals surface area contributed by atoms with Gasteiger partial charge >= 0.3 is 0 Å². The minimum absolute atomic E-state index is 0.0155. The van der Waals surface area contributed by atoms with Gasteiger partial charge < -0.3 is 0 Å². The van der Waals surface area contributed by atoms with E-state index in [0.29, 0.717) is 22.4 Å². The van der Waals surface area contributed by atoms with Crippen LogP contribution in [0, 0.1) is 0 Å². The van der Waals surface area contributed by atoms with Crippen molar-refractivity contribution in [3.63, 3.8) is 0 Å². The smallest absolute Gasteiger partial charge is 0.266 e. The molecule has 0 saturated carbocycles. The number of hydrogen-bond donors (Lipinski definition) is 3. The fourth-order valence-corrected chi connectivity index (χ4v) is 2.95. The molecule has 3 aromatic rings. The summed E-state index contributed by atoms with van der Waals surface area (Å²) >= 11 is 0. The highest BCUT2D eigenvalue weighted by Gasteiger charge is 2.12. The summed E-state index contributed by atoms with van der Waals surface area (Å²) in [6.45, 7) is 1.98. The van der Waals surface area contributed by atoms with E-state index < -0.39 is 0 Å². The number of hydrogen-bond acceptors (Lipinski definition) is 7. The zero-order valence-corrected chi connectivity index (χ0v) is 15.9. The topological polar surface area (TPSA) is 93.9 Å². The standard InChI is InChI=1S/C20H23N5O3/c1-14(22-23(2)3)11-12-19-21-18-10-5-4-9-17(18)20(26)24(19)15-7-6-8-16(13-15)25(27)28/h4-14,22,27-28H,1-3H3/b12-11-. The van der Waals surface area contributed by atoms with Gasteiger partial charge in [-0.05, 0) is 43.3 Å². The van der Waals surface area contributed by atoms with Crippen LogP contribution in [0.15, 0.2) is 59.4 Å². The monoisotopic (exact) mass is 381 g/mol. The lowest BCUT2D eigenvalue weighted by molar-refractivity contribution is 0.0291. The van der Waals surface area contributed by atoms with Crippen LogP contribution in [0.4, 0.5) is 5.69 Å². The van der Waals surface area contributed by atoms with Crippen molar-refractivity contribution in [2.45, 2.75) is 13.0 Å². The van der Waals surface area contributed by atoms with Gasteiger partial charge in [-0.15, -0.1) is 5.23 Å². The maximum absolute atomic E-state index is 13.2. The van der Waals surface area contributed by atoms with E-state index >= 15 is 0 Å². The number of aromatic nitrogens is 2. The Morgan fingerprint density at radius 1 is 1.14 bits per heavy atom. The molecule has 0 aliphatic heterocycles. The number of hydrazine groups is 1. The van der Waals surface area contributed by atoms with Crippen molar-refractivity contribution in [2.75, 3.05) is 19.3 Å². The second kappa shape index (κ2) is 8.32. The number of para-hydroxylation sites is 1. The molecule has 0 bridgehead atoms. The van der Waals surface area contributed by atoms with Gasteiger partial charge in [0, 0.05) is 20.1 Å². The molecular formula is C20H23N5O3. The summed E-state index contributed by atoms with van der Waals surface area (Å²) in [4.78, 5) is 17.8. The van der Waals surface area contributed by atoms with E-state index in [-0.39, 0.29) is 22.5 Å². The summed E-state index contributed by atoms with van der Waals surface area (Å²) in [5.41, 5.74) is 4.17. The molecule has 1 heterocycles. The maximum Gasteiger partial charge on any atom is 0.266 e. The zero-order chi connectivity index (χ0) is 20.3. The Kier molecular flexibility index (Phi) is 5.86. The molecule has 2 aromatic carbocycles. The lowest BCUT2D eigenvalue weighted by atomic mass is 10.2. The summed E-state index contributed by atoms with van der Waals surface area (Å²) in [6, 6.07) is 13.5. The van der Waals surface area contributed by atoms with Gasteiger partial charge in [-0.3, -0.25) is 24.8 Å². The number of anilines is 1. The second-order valence-electron chi connectivity index (χ2n) is 6.61. The molecule has 3 N–H and O–H groups in total. The van der Waals surface area contributed by atoms with Gasteiger partial charge in [-0.2, -0.15) is 0 Å². The van der Waals surface area contributed by atoms with Crippen LogP contribution in [0.2, 0.25) is 0 Å². The van der Waals surface area contributed by atoms with Crippen molar-refractivity contribution < 1.29 is 10.4 Å². The van der Waals surface area contributed by atoms with Gasteiger partial charge in [-0.1, -0.05) is 24.3 Å². The quantitative estimate of drug-likeness (QED) is 0.565. The van der Waals surface area contributed by atoms with Crippen LogP contribution < -0.4 is 16.2 Å². The van der Waals surface area contributed by atoms with Crippen molar-refractivity contribution in [3.05, 3.63) is 70.8 Å². The average molecular weight is 381 g/mol. The van der Waals surface area contributed by atoms with Gasteiger partial charge in [0.2, 0.25) is 0 Å². The third kappa shape index (κ3) is 4.26. The van der Waals surface area contributed by atoms with E-state index in [1.165, 1.54) is 16.7 Å². The molecule has 28 heavy (non-hydrogen) atoms. The molecule has 0 saturated heterocycles. The molecule has 0 aliphatic carbocycles. The lowest BCUT2D eigenvalue weighted by Crippen LogP contribution is -2.36. The largest absolute Gasteiger partial charge is 0.268 e. The SMILES string of the molecule is CC(/C=C\c1nc2ccccc2c(=O)n1-c1cccc(N(O)O)c1)NN(C)C. The van der Waals surface area contributed by atoms with Crippen LogP contribution in [0.25, 0.3) is 22.7 Å². The molecule has 0 amide bonds. The Balaban J connectivity index is 2.19. The first-order valence-corrected chi connectivity index (χ1v) is 8.78. The predicted octanol–water partition coefficient (Wildman–Crippen LogP) is 2.44. The van der Waals surface area contributed by atoms with Crippen LogP contribution in [0.1, 0.15) is 12.7 Å². The molecule has 0 fully saturated rings. The lowest BCUT2D eigenvalue weighted by Gasteiger charge is -2.17. The minimum atomic E-state index is -0.238. The maximum atomic E-state index is 13.2. The van der Waals surface area contributed by atoms with Gasteiger partial charge in [0.15, 0.2) is 0 Å². The normalized spacial score (nSPS) is 12.8. The van der Waals surface area contributed by atoms with E-state index in [2.05, 4.69) is 10.4 Å². The molecule has 0 radical (unpaired) electrons. The number of benzene rings is 2. The van der Waals surface area contributed by atoms with Gasteiger partial charge in [0.05, 0.1) is 22.3 Å². The molecule has 8 heteroatoms. The zero-order valence-electron chi connectivity index (χ0n) is 15.9. The number of nitrogens with one attached hydrogen (secondary N) is 1. The van der Waals surface area contributed by atoms with E-state index in [1.54, 1.807) is 36.4 Å². The summed E-state index contributed by atoms with van der Waals surface area (Å²) in [7, 11) is 3.80.